The second-order valence-corrected chi connectivity index (χ2v) is 2.66. The van der Waals surface area contributed by atoms with Gasteiger partial charge >= 0.3 is 0 Å². The summed E-state index contributed by atoms with van der Waals surface area (Å²) in [4.78, 5) is 8.27. The first kappa shape index (κ1) is 10.7. The fraction of sp³-hybridized carbons (Fsp3) is 0.556. The zero-order valence-corrected chi connectivity index (χ0v) is 8.58. The van der Waals surface area contributed by atoms with E-state index in [-0.39, 0.29) is 0 Å². The summed E-state index contributed by atoms with van der Waals surface area (Å²) in [6.07, 6.45) is 3.36. The van der Waals surface area contributed by atoms with Crippen molar-refractivity contribution in [3.8, 4) is 0 Å². The lowest BCUT2D eigenvalue weighted by atomic mass is 10.6. The zero-order chi connectivity index (χ0) is 10.2. The zero-order valence-electron chi connectivity index (χ0n) is 8.58. The summed E-state index contributed by atoms with van der Waals surface area (Å²) in [7, 11) is 1.81. The third-order valence-electron chi connectivity index (χ3n) is 1.65. The highest BCUT2D eigenvalue weighted by Crippen LogP contribution is 2.04. The Balaban J connectivity index is 2.34. The molecule has 1 rings (SSSR count). The number of hydrogen-bond donors (Lipinski definition) is 2. The molecule has 0 saturated carbocycles. The number of aromatic nitrogens is 2. The highest BCUT2D eigenvalue weighted by molar-refractivity contribution is 5.40. The lowest BCUT2D eigenvalue weighted by Gasteiger charge is -2.06. The molecule has 0 amide bonds. The fourth-order valence-electron chi connectivity index (χ4n) is 0.967. The van der Waals surface area contributed by atoms with Gasteiger partial charge in [-0.2, -0.15) is 0 Å². The number of nitrogens with one attached hydrogen (secondary N) is 2. The molecule has 14 heavy (non-hydrogen) atoms. The van der Waals surface area contributed by atoms with Crippen molar-refractivity contribution in [1.29, 1.82) is 0 Å². The van der Waals surface area contributed by atoms with E-state index >= 15 is 0 Å². The molecule has 2 N–H and O–H groups in total. The van der Waals surface area contributed by atoms with Gasteiger partial charge in [0.2, 0.25) is 0 Å². The van der Waals surface area contributed by atoms with Crippen LogP contribution in [0.2, 0.25) is 0 Å². The maximum Gasteiger partial charge on any atom is 0.147 e. The van der Waals surface area contributed by atoms with Crippen molar-refractivity contribution in [3.63, 3.8) is 0 Å². The normalized spacial score (nSPS) is 9.86. The number of anilines is 2. The van der Waals surface area contributed by atoms with Gasteiger partial charge in [-0.25, -0.2) is 4.98 Å². The van der Waals surface area contributed by atoms with E-state index in [9.17, 15) is 0 Å². The highest BCUT2D eigenvalue weighted by atomic mass is 16.5. The van der Waals surface area contributed by atoms with Crippen LogP contribution < -0.4 is 10.6 Å². The molecule has 5 nitrogen and oxygen atoms in total. The van der Waals surface area contributed by atoms with Gasteiger partial charge in [-0.1, -0.05) is 0 Å². The van der Waals surface area contributed by atoms with E-state index < -0.39 is 0 Å². The number of ether oxygens (including phenoxy) is 1. The number of hydrogen-bond acceptors (Lipinski definition) is 5. The largest absolute Gasteiger partial charge is 0.380 e. The maximum absolute atomic E-state index is 5.19. The highest BCUT2D eigenvalue weighted by Gasteiger charge is 1.95. The first-order valence-electron chi connectivity index (χ1n) is 4.68. The van der Waals surface area contributed by atoms with Crippen molar-refractivity contribution < 1.29 is 4.74 Å². The molecule has 0 aliphatic rings. The van der Waals surface area contributed by atoms with Crippen molar-refractivity contribution >= 4 is 11.6 Å². The summed E-state index contributed by atoms with van der Waals surface area (Å²) in [5, 5.41) is 6.04. The van der Waals surface area contributed by atoms with Gasteiger partial charge in [0.15, 0.2) is 0 Å². The minimum atomic E-state index is 0.683. The van der Waals surface area contributed by atoms with Gasteiger partial charge in [0, 0.05) is 20.2 Å². The average Bonchev–Trinajstić information content (AvgIpc) is 2.25. The van der Waals surface area contributed by atoms with Crippen molar-refractivity contribution in [2.24, 2.45) is 0 Å². The minimum absolute atomic E-state index is 0.683. The Morgan fingerprint density at radius 3 is 2.86 bits per heavy atom. The Bertz CT molecular complexity index is 267. The molecule has 0 aromatic carbocycles. The van der Waals surface area contributed by atoms with Crippen LogP contribution in [-0.2, 0) is 4.74 Å². The molecule has 1 aromatic rings. The van der Waals surface area contributed by atoms with E-state index in [1.54, 1.807) is 12.4 Å². The van der Waals surface area contributed by atoms with Crippen molar-refractivity contribution in [3.05, 3.63) is 12.4 Å². The second-order valence-electron chi connectivity index (χ2n) is 2.66. The average molecular weight is 196 g/mol. The predicted molar refractivity (Wildman–Crippen MR) is 56.6 cm³/mol. The fourth-order valence-corrected chi connectivity index (χ4v) is 0.967. The van der Waals surface area contributed by atoms with E-state index in [2.05, 4.69) is 20.6 Å². The molecule has 0 aliphatic carbocycles. The van der Waals surface area contributed by atoms with Gasteiger partial charge in [-0.05, 0) is 6.92 Å². The Morgan fingerprint density at radius 2 is 2.14 bits per heavy atom. The SMILES string of the molecule is CCOCCNc1cncc(NC)n1. The van der Waals surface area contributed by atoms with Crippen LogP contribution in [0.25, 0.3) is 0 Å². The van der Waals surface area contributed by atoms with Crippen LogP contribution in [0.3, 0.4) is 0 Å². The quantitative estimate of drug-likeness (QED) is 0.664. The van der Waals surface area contributed by atoms with Crippen LogP contribution >= 0.6 is 0 Å². The Kier molecular flexibility index (Phi) is 4.71. The first-order chi connectivity index (χ1) is 6.86. The molecule has 5 heteroatoms. The lowest BCUT2D eigenvalue weighted by molar-refractivity contribution is 0.158. The van der Waals surface area contributed by atoms with E-state index in [1.165, 1.54) is 0 Å². The van der Waals surface area contributed by atoms with Gasteiger partial charge in [0.05, 0.1) is 19.0 Å². The van der Waals surface area contributed by atoms with Gasteiger partial charge in [-0.3, -0.25) is 4.98 Å². The topological polar surface area (TPSA) is 59.1 Å². The van der Waals surface area contributed by atoms with Crippen LogP contribution in [0.5, 0.6) is 0 Å². The van der Waals surface area contributed by atoms with E-state index in [4.69, 9.17) is 4.74 Å². The molecule has 0 atom stereocenters. The van der Waals surface area contributed by atoms with E-state index in [0.29, 0.717) is 6.61 Å². The summed E-state index contributed by atoms with van der Waals surface area (Å²) < 4.78 is 5.19. The molecule has 0 spiro atoms. The van der Waals surface area contributed by atoms with Crippen LogP contribution in [0.4, 0.5) is 11.6 Å². The van der Waals surface area contributed by atoms with Crippen LogP contribution in [-0.4, -0.2) is 36.8 Å². The third-order valence-corrected chi connectivity index (χ3v) is 1.65. The molecule has 0 unspecified atom stereocenters. The van der Waals surface area contributed by atoms with E-state index in [0.717, 1.165) is 24.8 Å². The van der Waals surface area contributed by atoms with Gasteiger partial charge in [0.25, 0.3) is 0 Å². The van der Waals surface area contributed by atoms with Crippen molar-refractivity contribution in [1.82, 2.24) is 9.97 Å². The van der Waals surface area contributed by atoms with Crippen LogP contribution in [0.1, 0.15) is 6.92 Å². The Morgan fingerprint density at radius 1 is 1.36 bits per heavy atom. The summed E-state index contributed by atoms with van der Waals surface area (Å²) in [5.41, 5.74) is 0. The molecule has 1 aromatic heterocycles. The number of rotatable bonds is 6. The molecule has 0 bridgehead atoms. The van der Waals surface area contributed by atoms with E-state index in [1.807, 2.05) is 14.0 Å². The second kappa shape index (κ2) is 6.15. The summed E-state index contributed by atoms with van der Waals surface area (Å²) in [5.74, 6) is 1.52. The molecular formula is C9H16N4O. The molecule has 0 aliphatic heterocycles. The summed E-state index contributed by atoms with van der Waals surface area (Å²) in [6, 6.07) is 0. The van der Waals surface area contributed by atoms with Crippen LogP contribution in [0.15, 0.2) is 12.4 Å². The Labute approximate surface area is 83.9 Å². The summed E-state index contributed by atoms with van der Waals surface area (Å²) in [6.45, 7) is 4.14. The third kappa shape index (κ3) is 3.57. The standard InChI is InChI=1S/C9H16N4O/c1-3-14-5-4-12-9-7-11-6-8(10-2)13-9/h6-7H,3-5H2,1-2H3,(H2,10,12,13). The predicted octanol–water partition coefficient (Wildman–Crippen LogP) is 0.967. The molecule has 0 saturated heterocycles. The van der Waals surface area contributed by atoms with Gasteiger partial charge < -0.3 is 15.4 Å². The minimum Gasteiger partial charge on any atom is -0.380 e. The lowest BCUT2D eigenvalue weighted by Crippen LogP contribution is -2.10. The molecule has 0 radical (unpaired) electrons. The van der Waals surface area contributed by atoms with Gasteiger partial charge in [0.1, 0.15) is 11.6 Å². The Hall–Kier alpha value is -1.36. The number of nitrogens with zero attached hydrogens (tertiary/aromatic N) is 2. The molecule has 1 heterocycles. The monoisotopic (exact) mass is 196 g/mol. The smallest absolute Gasteiger partial charge is 0.147 e. The summed E-state index contributed by atoms with van der Waals surface area (Å²) >= 11 is 0. The van der Waals surface area contributed by atoms with Gasteiger partial charge in [-0.15, -0.1) is 0 Å². The van der Waals surface area contributed by atoms with Crippen LogP contribution in [0, 0.1) is 0 Å². The van der Waals surface area contributed by atoms with Crippen molar-refractivity contribution in [2.75, 3.05) is 37.4 Å². The molecular weight excluding hydrogens is 180 g/mol. The molecule has 78 valence electrons. The van der Waals surface area contributed by atoms with Crippen molar-refractivity contribution in [2.45, 2.75) is 6.92 Å². The first-order valence-corrected chi connectivity index (χ1v) is 4.68. The maximum atomic E-state index is 5.19. The molecule has 0 fully saturated rings.